The Kier molecular flexibility index (Phi) is 5.98. The van der Waals surface area contributed by atoms with Crippen molar-refractivity contribution in [3.8, 4) is 0 Å². The molecule has 0 aromatic carbocycles. The average Bonchev–Trinajstić information content (AvgIpc) is 1.80. The first-order valence-corrected chi connectivity index (χ1v) is 3.49. The second-order valence-electron chi connectivity index (χ2n) is 1.55. The van der Waals surface area contributed by atoms with Crippen LogP contribution in [0.25, 0.3) is 0 Å². The summed E-state index contributed by atoms with van der Waals surface area (Å²) in [7, 11) is 1.63. The van der Waals surface area contributed by atoms with Crippen LogP contribution < -0.4 is 5.32 Å². The van der Waals surface area contributed by atoms with E-state index in [0.717, 1.165) is 6.42 Å². The average molecular weight is 196 g/mol. The van der Waals surface area contributed by atoms with Crippen molar-refractivity contribution in [1.82, 2.24) is 5.32 Å². The first kappa shape index (κ1) is 8.91. The van der Waals surface area contributed by atoms with E-state index < -0.39 is 0 Å². The van der Waals surface area contributed by atoms with Crippen LogP contribution in [-0.2, 0) is 4.74 Å². The van der Waals surface area contributed by atoms with Gasteiger partial charge in [0, 0.05) is 36.2 Å². The van der Waals surface area contributed by atoms with Gasteiger partial charge in [-0.25, -0.2) is 0 Å². The Morgan fingerprint density at radius 1 is 1.78 bits per heavy atom. The van der Waals surface area contributed by atoms with E-state index in [4.69, 9.17) is 4.74 Å². The molecular formula is C5H10BrNO2. The first-order chi connectivity index (χ1) is 4.27. The fourth-order valence-electron chi connectivity index (χ4n) is 0.403. The topological polar surface area (TPSA) is 38.3 Å². The van der Waals surface area contributed by atoms with Crippen molar-refractivity contribution >= 4 is 20.7 Å². The molecule has 0 atom stereocenters. The molecule has 0 unspecified atom stereocenters. The smallest absolute Gasteiger partial charge is 0.287 e. The Bertz CT molecular complexity index is 87.0. The summed E-state index contributed by atoms with van der Waals surface area (Å²) in [5.74, 6) is 0. The van der Waals surface area contributed by atoms with E-state index in [1.54, 1.807) is 7.11 Å². The van der Waals surface area contributed by atoms with E-state index in [9.17, 15) is 4.79 Å². The number of amides is 1. The van der Waals surface area contributed by atoms with Gasteiger partial charge in [0.15, 0.2) is 0 Å². The molecule has 0 saturated carbocycles. The van der Waals surface area contributed by atoms with Gasteiger partial charge in [-0.15, -0.1) is 0 Å². The molecule has 0 spiro atoms. The third-order valence-electron chi connectivity index (χ3n) is 0.789. The lowest BCUT2D eigenvalue weighted by molar-refractivity contribution is 0.194. The van der Waals surface area contributed by atoms with Gasteiger partial charge in [-0.3, -0.25) is 4.79 Å². The molecule has 1 N–H and O–H groups in total. The maximum Gasteiger partial charge on any atom is 0.287 e. The number of nitrogens with one attached hydrogen (secondary N) is 1. The Balaban J connectivity index is 2.83. The summed E-state index contributed by atoms with van der Waals surface area (Å²) >= 11 is 2.74. The molecule has 0 bridgehead atoms. The molecule has 4 heteroatoms. The van der Waals surface area contributed by atoms with Crippen molar-refractivity contribution in [2.45, 2.75) is 6.42 Å². The largest absolute Gasteiger partial charge is 0.385 e. The van der Waals surface area contributed by atoms with Gasteiger partial charge in [-0.05, 0) is 6.42 Å². The maximum atomic E-state index is 10.2. The third kappa shape index (κ3) is 7.91. The number of methoxy groups -OCH3 is 1. The van der Waals surface area contributed by atoms with Gasteiger partial charge in [0.05, 0.1) is 0 Å². The SMILES string of the molecule is COCCCNC(=O)Br. The second kappa shape index (κ2) is 6.04. The Morgan fingerprint density at radius 3 is 2.89 bits per heavy atom. The van der Waals surface area contributed by atoms with Crippen molar-refractivity contribution in [2.24, 2.45) is 0 Å². The van der Waals surface area contributed by atoms with Crippen molar-refractivity contribution in [1.29, 1.82) is 0 Å². The van der Waals surface area contributed by atoms with E-state index in [-0.39, 0.29) is 4.82 Å². The zero-order valence-electron chi connectivity index (χ0n) is 5.32. The molecule has 1 amide bonds. The number of ether oxygens (including phenoxy) is 1. The minimum absolute atomic E-state index is 0.168. The number of halogens is 1. The summed E-state index contributed by atoms with van der Waals surface area (Å²) in [6.07, 6.45) is 0.855. The lowest BCUT2D eigenvalue weighted by Gasteiger charge is -1.97. The van der Waals surface area contributed by atoms with Gasteiger partial charge in [0.2, 0.25) is 0 Å². The monoisotopic (exact) mass is 195 g/mol. The Morgan fingerprint density at radius 2 is 2.44 bits per heavy atom. The molecule has 0 heterocycles. The van der Waals surface area contributed by atoms with E-state index >= 15 is 0 Å². The predicted molar refractivity (Wildman–Crippen MR) is 38.8 cm³/mol. The zero-order chi connectivity index (χ0) is 7.11. The van der Waals surface area contributed by atoms with Crippen LogP contribution in [0.3, 0.4) is 0 Å². The van der Waals surface area contributed by atoms with Crippen molar-refractivity contribution in [3.05, 3.63) is 0 Å². The van der Waals surface area contributed by atoms with Crippen LogP contribution in [0.4, 0.5) is 4.79 Å². The van der Waals surface area contributed by atoms with E-state index in [1.807, 2.05) is 0 Å². The van der Waals surface area contributed by atoms with Crippen molar-refractivity contribution < 1.29 is 9.53 Å². The second-order valence-corrected chi connectivity index (χ2v) is 2.27. The summed E-state index contributed by atoms with van der Waals surface area (Å²) < 4.78 is 4.76. The fraction of sp³-hybridized carbons (Fsp3) is 0.800. The maximum absolute atomic E-state index is 10.2. The number of carbonyl (C=O) groups is 1. The molecule has 0 fully saturated rings. The van der Waals surface area contributed by atoms with Crippen molar-refractivity contribution in [3.63, 3.8) is 0 Å². The normalized spacial score (nSPS) is 9.11. The highest BCUT2D eigenvalue weighted by Crippen LogP contribution is 1.82. The fourth-order valence-corrected chi connectivity index (χ4v) is 0.601. The number of hydrogen-bond donors (Lipinski definition) is 1. The summed E-state index contributed by atoms with van der Waals surface area (Å²) in [5.41, 5.74) is 0. The lowest BCUT2D eigenvalue weighted by atomic mass is 10.5. The zero-order valence-corrected chi connectivity index (χ0v) is 6.90. The minimum atomic E-state index is -0.168. The van der Waals surface area contributed by atoms with E-state index in [1.165, 1.54) is 0 Å². The van der Waals surface area contributed by atoms with Gasteiger partial charge < -0.3 is 10.1 Å². The van der Waals surface area contributed by atoms with Gasteiger partial charge in [0.1, 0.15) is 0 Å². The molecule has 0 aliphatic rings. The molecular weight excluding hydrogens is 186 g/mol. The summed E-state index contributed by atoms with van der Waals surface area (Å²) in [4.78, 5) is 10.0. The van der Waals surface area contributed by atoms with Crippen LogP contribution in [0.15, 0.2) is 0 Å². The minimum Gasteiger partial charge on any atom is -0.385 e. The summed E-state index contributed by atoms with van der Waals surface area (Å²) in [6, 6.07) is 0. The Labute approximate surface area is 62.9 Å². The van der Waals surface area contributed by atoms with E-state index in [2.05, 4.69) is 21.2 Å². The molecule has 0 radical (unpaired) electrons. The number of carbonyl (C=O) groups excluding carboxylic acids is 1. The predicted octanol–water partition coefficient (Wildman–Crippen LogP) is 1.13. The van der Waals surface area contributed by atoms with Gasteiger partial charge in [-0.2, -0.15) is 0 Å². The van der Waals surface area contributed by atoms with Crippen LogP contribution in [-0.4, -0.2) is 25.1 Å². The highest BCUT2D eigenvalue weighted by Gasteiger charge is 1.89. The molecule has 3 nitrogen and oxygen atoms in total. The highest BCUT2D eigenvalue weighted by atomic mass is 79.9. The first-order valence-electron chi connectivity index (χ1n) is 2.69. The molecule has 54 valence electrons. The standard InChI is InChI=1S/C5H10BrNO2/c1-9-4-2-3-7-5(6)8/h2-4H2,1H3,(H,7,8). The lowest BCUT2D eigenvalue weighted by Crippen LogP contribution is -2.18. The molecule has 0 aliphatic heterocycles. The van der Waals surface area contributed by atoms with Crippen molar-refractivity contribution in [2.75, 3.05) is 20.3 Å². The van der Waals surface area contributed by atoms with Crippen LogP contribution in [0.5, 0.6) is 0 Å². The number of hydrogen-bond acceptors (Lipinski definition) is 2. The summed E-state index contributed by atoms with van der Waals surface area (Å²) in [6.45, 7) is 1.35. The number of rotatable bonds is 4. The van der Waals surface area contributed by atoms with Gasteiger partial charge in [0.25, 0.3) is 4.82 Å². The van der Waals surface area contributed by atoms with Gasteiger partial charge >= 0.3 is 0 Å². The van der Waals surface area contributed by atoms with Crippen LogP contribution in [0.1, 0.15) is 6.42 Å². The molecule has 0 aliphatic carbocycles. The molecule has 9 heavy (non-hydrogen) atoms. The highest BCUT2D eigenvalue weighted by molar-refractivity contribution is 9.18. The quantitative estimate of drug-likeness (QED) is 0.415. The van der Waals surface area contributed by atoms with Gasteiger partial charge in [-0.1, -0.05) is 0 Å². The van der Waals surface area contributed by atoms with Crippen LogP contribution in [0, 0.1) is 0 Å². The van der Waals surface area contributed by atoms with Crippen LogP contribution in [0.2, 0.25) is 0 Å². The van der Waals surface area contributed by atoms with Crippen LogP contribution >= 0.6 is 15.9 Å². The molecule has 0 aromatic rings. The Hall–Kier alpha value is -0.0900. The molecule has 0 aromatic heterocycles. The summed E-state index contributed by atoms with van der Waals surface area (Å²) in [5, 5.41) is 2.58. The van der Waals surface area contributed by atoms with E-state index in [0.29, 0.717) is 13.2 Å². The molecule has 0 saturated heterocycles. The third-order valence-corrected chi connectivity index (χ3v) is 1.07. The molecule has 0 rings (SSSR count).